The maximum atomic E-state index is 11.5. The second kappa shape index (κ2) is 10.0. The van der Waals surface area contributed by atoms with E-state index in [1.54, 1.807) is 11.4 Å². The molecule has 0 aliphatic carbocycles. The van der Waals surface area contributed by atoms with Gasteiger partial charge in [0.2, 0.25) is 5.65 Å². The molecule has 3 N–H and O–H groups in total. The number of nitrogens with one attached hydrogen (secondary N) is 1. The summed E-state index contributed by atoms with van der Waals surface area (Å²) < 4.78 is 67.4. The predicted molar refractivity (Wildman–Crippen MR) is 144 cm³/mol. The van der Waals surface area contributed by atoms with Crippen molar-refractivity contribution in [3.8, 4) is 23.1 Å². The van der Waals surface area contributed by atoms with E-state index in [0.717, 1.165) is 0 Å². The number of fused-ring (bicyclic) bond motifs is 1. The van der Waals surface area contributed by atoms with Crippen LogP contribution in [0.15, 0.2) is 68.7 Å². The first-order valence-corrected chi connectivity index (χ1v) is 14.7. The third-order valence-electron chi connectivity index (χ3n) is 6.16. The van der Waals surface area contributed by atoms with Crippen molar-refractivity contribution in [3.63, 3.8) is 0 Å². The van der Waals surface area contributed by atoms with Gasteiger partial charge in [0.1, 0.15) is 11.6 Å². The van der Waals surface area contributed by atoms with Crippen molar-refractivity contribution in [1.29, 1.82) is 5.26 Å². The van der Waals surface area contributed by atoms with Gasteiger partial charge in [-0.05, 0) is 60.9 Å². The fourth-order valence-corrected chi connectivity index (χ4v) is 5.17. The summed E-state index contributed by atoms with van der Waals surface area (Å²) in [5.74, 6) is 0.358. The molecule has 0 unspecified atom stereocenters. The van der Waals surface area contributed by atoms with Crippen LogP contribution in [0.2, 0.25) is 0 Å². The summed E-state index contributed by atoms with van der Waals surface area (Å²) in [6.07, 6.45) is 1.29. The maximum absolute atomic E-state index is 11.5. The third-order valence-corrected chi connectivity index (χ3v) is 7.88. The van der Waals surface area contributed by atoms with Gasteiger partial charge in [-0.1, -0.05) is 13.8 Å². The molecule has 0 aliphatic rings. The number of azo groups is 1. The van der Waals surface area contributed by atoms with Gasteiger partial charge >= 0.3 is 0 Å². The molecule has 0 radical (unpaired) electrons. The lowest BCUT2D eigenvalue weighted by molar-refractivity contribution is 0.481. The highest BCUT2D eigenvalue weighted by molar-refractivity contribution is 7.86. The summed E-state index contributed by atoms with van der Waals surface area (Å²) in [5, 5.41) is 34.2. The van der Waals surface area contributed by atoms with Gasteiger partial charge < -0.3 is 0 Å². The minimum Gasteiger partial charge on any atom is -0.292 e. The van der Waals surface area contributed by atoms with E-state index in [2.05, 4.69) is 30.6 Å². The van der Waals surface area contributed by atoms with Crippen LogP contribution in [0.4, 0.5) is 11.5 Å². The van der Waals surface area contributed by atoms with Crippen molar-refractivity contribution in [2.45, 2.75) is 36.5 Å². The van der Waals surface area contributed by atoms with Crippen LogP contribution in [-0.2, 0) is 20.2 Å². The zero-order valence-corrected chi connectivity index (χ0v) is 23.3. The molecule has 0 saturated heterocycles. The van der Waals surface area contributed by atoms with E-state index < -0.39 is 20.2 Å². The molecule has 5 aromatic rings. The summed E-state index contributed by atoms with van der Waals surface area (Å²) in [5.41, 5.74) is 2.85. The minimum atomic E-state index is -4.40. The fraction of sp³-hybridized carbons (Fsp3) is 0.167. The van der Waals surface area contributed by atoms with E-state index in [9.17, 15) is 31.2 Å². The molecule has 0 spiro atoms. The van der Waals surface area contributed by atoms with Crippen LogP contribution in [0.5, 0.6) is 0 Å². The van der Waals surface area contributed by atoms with Crippen molar-refractivity contribution in [2.24, 2.45) is 10.2 Å². The Morgan fingerprint density at radius 3 is 2.22 bits per heavy atom. The SMILES string of the molecule is Cc1cc(S(=O)(=O)O)ccc1-c1nnc2c(N=Nc3c(C#N)cnn3-c3ccc(S(=O)(=O)O)cc3)c(C(C)C)[nH]n12. The Labute approximate surface area is 233 Å². The fourth-order valence-electron chi connectivity index (χ4n) is 4.12. The van der Waals surface area contributed by atoms with Gasteiger partial charge in [-0.15, -0.1) is 20.4 Å². The lowest BCUT2D eigenvalue weighted by atomic mass is 10.1. The number of nitriles is 1. The monoisotopic (exact) mass is 595 g/mol. The number of rotatable bonds is 7. The molecule has 0 aliphatic heterocycles. The molecule has 41 heavy (non-hydrogen) atoms. The van der Waals surface area contributed by atoms with Gasteiger partial charge in [0.05, 0.1) is 27.4 Å². The second-order valence-electron chi connectivity index (χ2n) is 9.24. The predicted octanol–water partition coefficient (Wildman–Crippen LogP) is 4.12. The first kappa shape index (κ1) is 27.8. The quantitative estimate of drug-likeness (QED) is 0.180. The van der Waals surface area contributed by atoms with Gasteiger partial charge in [-0.25, -0.2) is 9.20 Å². The molecule has 3 aromatic heterocycles. The standard InChI is InChI=1S/C24H21N9O6S2/c1-13(2)20-21(24-30-29-23(33(24)31-20)19-9-8-18(10-14(19)3)41(37,38)39)27-28-22-15(11-25)12-26-32(22)16-4-6-17(7-5-16)40(34,35)36/h4-10,12-13,31H,1-3H3,(H,34,35,36)(H,37,38,39). The molecular weight excluding hydrogens is 574 g/mol. The van der Waals surface area contributed by atoms with Crippen LogP contribution in [0.25, 0.3) is 22.7 Å². The largest absolute Gasteiger partial charge is 0.294 e. The van der Waals surface area contributed by atoms with Crippen LogP contribution < -0.4 is 0 Å². The molecule has 210 valence electrons. The molecule has 0 fully saturated rings. The highest BCUT2D eigenvalue weighted by Crippen LogP contribution is 2.35. The number of aromatic nitrogens is 6. The van der Waals surface area contributed by atoms with Crippen LogP contribution in [0, 0.1) is 18.3 Å². The molecule has 3 heterocycles. The lowest BCUT2D eigenvalue weighted by Crippen LogP contribution is -2.00. The van der Waals surface area contributed by atoms with Gasteiger partial charge in [-0.3, -0.25) is 14.2 Å². The molecule has 17 heteroatoms. The van der Waals surface area contributed by atoms with Crippen molar-refractivity contribution in [1.82, 2.24) is 29.6 Å². The molecule has 0 saturated carbocycles. The summed E-state index contributed by atoms with van der Waals surface area (Å²) in [7, 11) is -8.78. The highest BCUT2D eigenvalue weighted by atomic mass is 32.2. The molecule has 0 atom stereocenters. The number of hydrogen-bond donors (Lipinski definition) is 3. The Morgan fingerprint density at radius 1 is 0.976 bits per heavy atom. The highest BCUT2D eigenvalue weighted by Gasteiger charge is 2.23. The summed E-state index contributed by atoms with van der Waals surface area (Å²) >= 11 is 0. The van der Waals surface area contributed by atoms with Gasteiger partial charge in [0.15, 0.2) is 17.3 Å². The van der Waals surface area contributed by atoms with Crippen molar-refractivity contribution in [3.05, 3.63) is 65.5 Å². The van der Waals surface area contributed by atoms with Gasteiger partial charge in [-0.2, -0.15) is 27.2 Å². The Hall–Kier alpha value is -4.76. The summed E-state index contributed by atoms with van der Waals surface area (Å²) in [6, 6.07) is 11.3. The zero-order chi connectivity index (χ0) is 29.7. The second-order valence-corrected chi connectivity index (χ2v) is 12.1. The van der Waals surface area contributed by atoms with Crippen molar-refractivity contribution in [2.75, 3.05) is 0 Å². The Bertz CT molecular complexity index is 2100. The first-order valence-electron chi connectivity index (χ1n) is 11.8. The number of aryl methyl sites for hydroxylation is 1. The van der Waals surface area contributed by atoms with Crippen molar-refractivity contribution >= 4 is 37.4 Å². The Kier molecular flexibility index (Phi) is 6.79. The van der Waals surface area contributed by atoms with Gasteiger partial charge in [0, 0.05) is 5.56 Å². The minimum absolute atomic E-state index is 0.0672. The van der Waals surface area contributed by atoms with E-state index in [1.165, 1.54) is 53.3 Å². The molecular formula is C24H21N9O6S2. The summed E-state index contributed by atoms with van der Waals surface area (Å²) in [4.78, 5) is -0.556. The maximum Gasteiger partial charge on any atom is 0.294 e. The lowest BCUT2D eigenvalue weighted by Gasteiger charge is -2.06. The Morgan fingerprint density at radius 2 is 1.63 bits per heavy atom. The normalized spacial score (nSPS) is 12.5. The first-order chi connectivity index (χ1) is 19.3. The van der Waals surface area contributed by atoms with E-state index in [4.69, 9.17) is 0 Å². The van der Waals surface area contributed by atoms with Gasteiger partial charge in [0.25, 0.3) is 20.2 Å². The number of hydrogen-bond acceptors (Lipinski definition) is 10. The molecule has 5 rings (SSSR count). The number of nitrogens with zero attached hydrogens (tertiary/aromatic N) is 8. The van der Waals surface area contributed by atoms with Crippen LogP contribution in [0.1, 0.15) is 36.6 Å². The zero-order valence-electron chi connectivity index (χ0n) is 21.6. The third kappa shape index (κ3) is 5.12. The van der Waals surface area contributed by atoms with E-state index >= 15 is 0 Å². The smallest absolute Gasteiger partial charge is 0.292 e. The molecule has 0 bridgehead atoms. The van der Waals surface area contributed by atoms with Crippen LogP contribution in [-0.4, -0.2) is 55.5 Å². The molecule has 0 amide bonds. The topological polar surface area (TPSA) is 221 Å². The molecule has 2 aromatic carbocycles. The van der Waals surface area contributed by atoms with E-state index in [1.807, 2.05) is 19.9 Å². The van der Waals surface area contributed by atoms with Crippen LogP contribution >= 0.6 is 0 Å². The number of aromatic amines is 1. The average Bonchev–Trinajstić information content (AvgIpc) is 3.60. The number of benzene rings is 2. The molecule has 15 nitrogen and oxygen atoms in total. The van der Waals surface area contributed by atoms with Crippen LogP contribution in [0.3, 0.4) is 0 Å². The average molecular weight is 596 g/mol. The summed E-state index contributed by atoms with van der Waals surface area (Å²) in [6.45, 7) is 5.52. The Balaban J connectivity index is 1.60. The van der Waals surface area contributed by atoms with E-state index in [-0.39, 0.29) is 27.1 Å². The number of H-pyrrole nitrogens is 1. The van der Waals surface area contributed by atoms with E-state index in [0.29, 0.717) is 39.7 Å². The van der Waals surface area contributed by atoms with Crippen molar-refractivity contribution < 1.29 is 25.9 Å².